The monoisotopic (exact) mass is 578 g/mol. The van der Waals surface area contributed by atoms with E-state index in [1.807, 2.05) is 42.5 Å². The lowest BCUT2D eigenvalue weighted by molar-refractivity contribution is 0.620. The molecule has 45 heavy (non-hydrogen) atoms. The highest BCUT2D eigenvalue weighted by Crippen LogP contribution is 2.41. The predicted molar refractivity (Wildman–Crippen MR) is 184 cm³/mol. The molecular weight excluding hydrogens is 552 g/mol. The fourth-order valence-corrected chi connectivity index (χ4v) is 6.25. The number of benzene rings is 7. The highest BCUT2D eigenvalue weighted by atomic mass is 16.4. The number of hydrogen-bond donors (Lipinski definition) is 0. The molecular formula is C41H26N2O2. The molecule has 0 saturated heterocycles. The van der Waals surface area contributed by atoms with Gasteiger partial charge in [0.25, 0.3) is 0 Å². The average molecular weight is 579 g/mol. The number of anilines is 3. The second kappa shape index (κ2) is 10.2. The summed E-state index contributed by atoms with van der Waals surface area (Å²) in [7, 11) is 0. The maximum atomic E-state index is 6.36. The molecule has 9 aromatic rings. The Morgan fingerprint density at radius 2 is 1.07 bits per heavy atom. The van der Waals surface area contributed by atoms with Crippen molar-refractivity contribution in [2.24, 2.45) is 0 Å². The fraction of sp³-hybridized carbons (Fsp3) is 0. The van der Waals surface area contributed by atoms with Crippen molar-refractivity contribution in [1.82, 2.24) is 4.98 Å². The van der Waals surface area contributed by atoms with Crippen LogP contribution in [0.25, 0.3) is 66.4 Å². The van der Waals surface area contributed by atoms with E-state index < -0.39 is 0 Å². The van der Waals surface area contributed by atoms with Gasteiger partial charge >= 0.3 is 0 Å². The van der Waals surface area contributed by atoms with E-state index in [2.05, 4.69) is 120 Å². The zero-order valence-corrected chi connectivity index (χ0v) is 24.2. The number of aromatic nitrogens is 1. The second-order valence-corrected chi connectivity index (χ2v) is 11.3. The number of fused-ring (bicyclic) bond motifs is 5. The van der Waals surface area contributed by atoms with Crippen LogP contribution in [-0.4, -0.2) is 4.98 Å². The van der Waals surface area contributed by atoms with Gasteiger partial charge in [-0.3, -0.25) is 0 Å². The normalized spacial score (nSPS) is 11.6. The SMILES string of the molecule is c1ccc(-c2cccc(N(c3ccc4ccccc4c3)c3ccc4oc5cc6nc(-c7ccccc7)oc6cc5c4c3)c2)cc1. The topological polar surface area (TPSA) is 42.4 Å². The molecule has 2 heterocycles. The van der Waals surface area contributed by atoms with Crippen molar-refractivity contribution >= 4 is 60.9 Å². The summed E-state index contributed by atoms with van der Waals surface area (Å²) in [6, 6.07) is 54.7. The van der Waals surface area contributed by atoms with Crippen LogP contribution >= 0.6 is 0 Å². The molecule has 0 amide bonds. The molecule has 0 bridgehead atoms. The minimum atomic E-state index is 0.601. The number of rotatable bonds is 5. The summed E-state index contributed by atoms with van der Waals surface area (Å²) in [6.45, 7) is 0. The van der Waals surface area contributed by atoms with E-state index in [0.717, 1.165) is 61.2 Å². The first-order chi connectivity index (χ1) is 22.3. The Labute approximate surface area is 259 Å². The number of nitrogens with zero attached hydrogens (tertiary/aromatic N) is 2. The van der Waals surface area contributed by atoms with E-state index in [-0.39, 0.29) is 0 Å². The minimum absolute atomic E-state index is 0.601. The summed E-state index contributed by atoms with van der Waals surface area (Å²) in [5.41, 5.74) is 9.59. The van der Waals surface area contributed by atoms with Gasteiger partial charge in [-0.1, -0.05) is 91.0 Å². The van der Waals surface area contributed by atoms with E-state index in [9.17, 15) is 0 Å². The van der Waals surface area contributed by atoms with Crippen LogP contribution in [0.3, 0.4) is 0 Å². The molecule has 0 N–H and O–H groups in total. The fourth-order valence-electron chi connectivity index (χ4n) is 6.25. The summed E-state index contributed by atoms with van der Waals surface area (Å²) in [4.78, 5) is 7.07. The Bertz CT molecular complexity index is 2490. The van der Waals surface area contributed by atoms with Crippen molar-refractivity contribution in [2.45, 2.75) is 0 Å². The van der Waals surface area contributed by atoms with Gasteiger partial charge in [-0.05, 0) is 82.6 Å². The van der Waals surface area contributed by atoms with Gasteiger partial charge in [0.2, 0.25) is 5.89 Å². The van der Waals surface area contributed by atoms with E-state index in [1.54, 1.807) is 0 Å². The third kappa shape index (κ3) is 4.43. The summed E-state index contributed by atoms with van der Waals surface area (Å²) >= 11 is 0. The number of hydrogen-bond acceptors (Lipinski definition) is 4. The molecule has 2 aromatic heterocycles. The standard InChI is InChI=1S/C41H26N2O2/c1-3-10-27(11-4-1)31-16-9-17-32(22-31)43(33-19-18-28-12-7-8-15-30(28)23-33)34-20-21-38-35(24-34)36-25-40-37(26-39(36)44-38)42-41(45-40)29-13-5-2-6-14-29/h1-26H. The van der Waals surface area contributed by atoms with E-state index in [0.29, 0.717) is 5.89 Å². The summed E-state index contributed by atoms with van der Waals surface area (Å²) in [5, 5.41) is 4.41. The molecule has 7 aromatic carbocycles. The van der Waals surface area contributed by atoms with Crippen molar-refractivity contribution < 1.29 is 8.83 Å². The molecule has 0 aliphatic heterocycles. The van der Waals surface area contributed by atoms with Crippen LogP contribution in [0.4, 0.5) is 17.1 Å². The number of oxazole rings is 1. The summed E-state index contributed by atoms with van der Waals surface area (Å²) in [5.74, 6) is 0.601. The predicted octanol–water partition coefficient (Wildman–Crippen LogP) is 11.7. The van der Waals surface area contributed by atoms with Crippen molar-refractivity contribution in [3.63, 3.8) is 0 Å². The van der Waals surface area contributed by atoms with Crippen LogP contribution in [0.5, 0.6) is 0 Å². The first kappa shape index (κ1) is 25.4. The van der Waals surface area contributed by atoms with Gasteiger partial charge in [-0.15, -0.1) is 0 Å². The maximum absolute atomic E-state index is 6.36. The van der Waals surface area contributed by atoms with Crippen LogP contribution in [0.2, 0.25) is 0 Å². The average Bonchev–Trinajstić information content (AvgIpc) is 3.68. The molecule has 4 heteroatoms. The molecule has 4 nitrogen and oxygen atoms in total. The van der Waals surface area contributed by atoms with E-state index >= 15 is 0 Å². The van der Waals surface area contributed by atoms with E-state index in [1.165, 1.54) is 16.3 Å². The number of furan rings is 1. The zero-order valence-electron chi connectivity index (χ0n) is 24.2. The van der Waals surface area contributed by atoms with E-state index in [4.69, 9.17) is 13.8 Å². The molecule has 0 spiro atoms. The Balaban J connectivity index is 1.22. The molecule has 9 rings (SSSR count). The molecule has 0 radical (unpaired) electrons. The van der Waals surface area contributed by atoms with Crippen LogP contribution in [0.1, 0.15) is 0 Å². The minimum Gasteiger partial charge on any atom is -0.456 e. The first-order valence-electron chi connectivity index (χ1n) is 15.0. The lowest BCUT2D eigenvalue weighted by atomic mass is 10.0. The maximum Gasteiger partial charge on any atom is 0.227 e. The Morgan fingerprint density at radius 1 is 0.400 bits per heavy atom. The third-order valence-corrected chi connectivity index (χ3v) is 8.44. The van der Waals surface area contributed by atoms with Gasteiger partial charge in [0.15, 0.2) is 5.58 Å². The largest absolute Gasteiger partial charge is 0.456 e. The van der Waals surface area contributed by atoms with Crippen LogP contribution in [0.15, 0.2) is 167 Å². The smallest absolute Gasteiger partial charge is 0.227 e. The van der Waals surface area contributed by atoms with Crippen molar-refractivity contribution in [3.05, 3.63) is 158 Å². The highest BCUT2D eigenvalue weighted by Gasteiger charge is 2.18. The molecule has 0 atom stereocenters. The molecule has 0 aliphatic carbocycles. The Hall–Kier alpha value is -6.13. The molecule has 0 aliphatic rings. The summed E-state index contributed by atoms with van der Waals surface area (Å²) in [6.07, 6.45) is 0. The second-order valence-electron chi connectivity index (χ2n) is 11.3. The Morgan fingerprint density at radius 3 is 1.91 bits per heavy atom. The van der Waals surface area contributed by atoms with Crippen molar-refractivity contribution in [1.29, 1.82) is 0 Å². The van der Waals surface area contributed by atoms with Gasteiger partial charge in [0.05, 0.1) is 0 Å². The van der Waals surface area contributed by atoms with Gasteiger partial charge < -0.3 is 13.7 Å². The first-order valence-corrected chi connectivity index (χ1v) is 15.0. The molecule has 212 valence electrons. The van der Waals surface area contributed by atoms with Crippen molar-refractivity contribution in [2.75, 3.05) is 4.90 Å². The van der Waals surface area contributed by atoms with Crippen molar-refractivity contribution in [3.8, 4) is 22.6 Å². The van der Waals surface area contributed by atoms with Gasteiger partial charge in [-0.25, -0.2) is 4.98 Å². The Kier molecular flexibility index (Phi) is 5.78. The van der Waals surface area contributed by atoms with Crippen LogP contribution in [0, 0.1) is 0 Å². The van der Waals surface area contributed by atoms with Gasteiger partial charge in [-0.2, -0.15) is 0 Å². The lowest BCUT2D eigenvalue weighted by Gasteiger charge is -2.26. The zero-order chi connectivity index (χ0) is 29.7. The third-order valence-electron chi connectivity index (χ3n) is 8.44. The quantitative estimate of drug-likeness (QED) is 0.204. The van der Waals surface area contributed by atoms with Crippen LogP contribution in [-0.2, 0) is 0 Å². The molecule has 0 saturated carbocycles. The van der Waals surface area contributed by atoms with Gasteiger partial charge in [0.1, 0.15) is 16.7 Å². The molecule has 0 unspecified atom stereocenters. The van der Waals surface area contributed by atoms with Crippen LogP contribution < -0.4 is 4.90 Å². The lowest BCUT2D eigenvalue weighted by Crippen LogP contribution is -2.10. The van der Waals surface area contributed by atoms with Gasteiger partial charge in [0, 0.05) is 39.5 Å². The molecule has 0 fully saturated rings. The highest BCUT2D eigenvalue weighted by molar-refractivity contribution is 6.10. The summed E-state index contributed by atoms with van der Waals surface area (Å²) < 4.78 is 12.6.